The number of piperidine rings is 1. The minimum atomic E-state index is -3.42. The Balaban J connectivity index is 1.84. The van der Waals surface area contributed by atoms with Gasteiger partial charge in [-0.1, -0.05) is 24.6 Å². The summed E-state index contributed by atoms with van der Waals surface area (Å²) in [6.45, 7) is 4.02. The van der Waals surface area contributed by atoms with Crippen LogP contribution in [-0.2, 0) is 10.0 Å². The molecule has 1 aliphatic rings. The second kappa shape index (κ2) is 7.32. The van der Waals surface area contributed by atoms with Crippen LogP contribution in [0.1, 0.15) is 26.2 Å². The highest BCUT2D eigenvalue weighted by atomic mass is 32.2. The first kappa shape index (κ1) is 16.9. The van der Waals surface area contributed by atoms with Crippen LogP contribution in [0.2, 0.25) is 0 Å². The number of hydrogen-bond donors (Lipinski definition) is 0. The van der Waals surface area contributed by atoms with Crippen LogP contribution in [0, 0.1) is 0 Å². The predicted octanol–water partition coefficient (Wildman–Crippen LogP) is 3.41. The van der Waals surface area contributed by atoms with Crippen LogP contribution in [0.25, 0.3) is 0 Å². The Kier molecular flexibility index (Phi) is 5.16. The molecule has 6 heteroatoms. The molecule has 1 fully saturated rings. The van der Waals surface area contributed by atoms with Crippen LogP contribution in [0.4, 0.5) is 11.5 Å². The van der Waals surface area contributed by atoms with Crippen molar-refractivity contribution in [3.8, 4) is 0 Å². The fraction of sp³-hybridized carbons (Fsp3) is 0.389. The van der Waals surface area contributed by atoms with Crippen LogP contribution in [0.15, 0.2) is 53.6 Å². The number of pyridine rings is 1. The van der Waals surface area contributed by atoms with E-state index in [0.29, 0.717) is 13.1 Å². The number of rotatable bonds is 5. The van der Waals surface area contributed by atoms with Gasteiger partial charge in [0.2, 0.25) is 10.0 Å². The van der Waals surface area contributed by atoms with Crippen molar-refractivity contribution in [1.29, 1.82) is 0 Å². The lowest BCUT2D eigenvalue weighted by molar-refractivity contribution is 0.346. The van der Waals surface area contributed by atoms with E-state index < -0.39 is 10.0 Å². The molecule has 1 aliphatic heterocycles. The molecule has 0 aliphatic carbocycles. The molecule has 1 aromatic heterocycles. The molecule has 0 N–H and O–H groups in total. The first-order chi connectivity index (χ1) is 11.6. The maximum absolute atomic E-state index is 12.7. The Labute approximate surface area is 144 Å². The first-order valence-corrected chi connectivity index (χ1v) is 9.85. The summed E-state index contributed by atoms with van der Waals surface area (Å²) in [6.07, 6.45) is 4.45. The fourth-order valence-corrected chi connectivity index (χ4v) is 4.49. The molecule has 0 radical (unpaired) electrons. The second-order valence-electron chi connectivity index (χ2n) is 5.90. The number of anilines is 2. The molecule has 3 rings (SSSR count). The van der Waals surface area contributed by atoms with Gasteiger partial charge in [-0.05, 0) is 44.0 Å². The van der Waals surface area contributed by atoms with E-state index in [1.807, 2.05) is 37.3 Å². The highest BCUT2D eigenvalue weighted by molar-refractivity contribution is 7.89. The Morgan fingerprint density at radius 2 is 1.75 bits per heavy atom. The van der Waals surface area contributed by atoms with Gasteiger partial charge in [0, 0.05) is 31.5 Å². The van der Waals surface area contributed by atoms with Crippen molar-refractivity contribution in [2.75, 3.05) is 24.5 Å². The number of hydrogen-bond acceptors (Lipinski definition) is 4. The maximum Gasteiger partial charge on any atom is 0.244 e. The number of sulfonamides is 1. The lowest BCUT2D eigenvalue weighted by Gasteiger charge is -2.26. The lowest BCUT2D eigenvalue weighted by Crippen LogP contribution is -2.35. The van der Waals surface area contributed by atoms with Crippen molar-refractivity contribution >= 4 is 21.5 Å². The van der Waals surface area contributed by atoms with E-state index in [9.17, 15) is 8.42 Å². The van der Waals surface area contributed by atoms with Gasteiger partial charge in [0.05, 0.1) is 0 Å². The number of nitrogens with zero attached hydrogens (tertiary/aromatic N) is 3. The van der Waals surface area contributed by atoms with E-state index in [1.54, 1.807) is 16.4 Å². The minimum Gasteiger partial charge on any atom is -0.327 e. The Morgan fingerprint density at radius 3 is 2.33 bits per heavy atom. The molecule has 0 saturated carbocycles. The van der Waals surface area contributed by atoms with Crippen molar-refractivity contribution in [2.24, 2.45) is 0 Å². The van der Waals surface area contributed by atoms with Gasteiger partial charge < -0.3 is 4.90 Å². The summed E-state index contributed by atoms with van der Waals surface area (Å²) in [5.41, 5.74) is 1.04. The molecule has 0 amide bonds. The molecular formula is C18H23N3O2S. The zero-order chi connectivity index (χ0) is 17.0. The summed E-state index contributed by atoms with van der Waals surface area (Å²) in [5.74, 6) is 0.751. The summed E-state index contributed by atoms with van der Waals surface area (Å²) in [4.78, 5) is 6.74. The molecule has 128 valence electrons. The highest BCUT2D eigenvalue weighted by Gasteiger charge is 2.26. The van der Waals surface area contributed by atoms with Crippen LogP contribution >= 0.6 is 0 Å². The van der Waals surface area contributed by atoms with Crippen LogP contribution in [0.5, 0.6) is 0 Å². The van der Waals surface area contributed by atoms with Gasteiger partial charge in [-0.15, -0.1) is 0 Å². The van der Waals surface area contributed by atoms with Crippen molar-refractivity contribution in [3.63, 3.8) is 0 Å². The molecule has 5 nitrogen and oxygen atoms in total. The summed E-state index contributed by atoms with van der Waals surface area (Å²) in [5, 5.41) is 0. The Morgan fingerprint density at radius 1 is 1.04 bits per heavy atom. The minimum absolute atomic E-state index is 0.275. The van der Waals surface area contributed by atoms with E-state index in [4.69, 9.17) is 0 Å². The third-order valence-electron chi connectivity index (χ3n) is 4.33. The lowest BCUT2D eigenvalue weighted by atomic mass is 10.2. The maximum atomic E-state index is 12.7. The SMILES string of the molecule is CCN(c1ccccc1)c1ccc(S(=O)(=O)N2CCCCC2)cn1. The Bertz CT molecular complexity index is 755. The molecule has 0 spiro atoms. The molecule has 1 saturated heterocycles. The fourth-order valence-electron chi connectivity index (χ4n) is 3.02. The smallest absolute Gasteiger partial charge is 0.244 e. The summed E-state index contributed by atoms with van der Waals surface area (Å²) in [6, 6.07) is 13.4. The third kappa shape index (κ3) is 3.44. The van der Waals surface area contributed by atoms with E-state index in [-0.39, 0.29) is 4.90 Å². The molecule has 2 aromatic rings. The van der Waals surface area contributed by atoms with Crippen LogP contribution in [0.3, 0.4) is 0 Å². The van der Waals surface area contributed by atoms with Gasteiger partial charge in [-0.25, -0.2) is 13.4 Å². The first-order valence-electron chi connectivity index (χ1n) is 8.41. The average Bonchev–Trinajstić information content (AvgIpc) is 2.64. The molecule has 0 unspecified atom stereocenters. The van der Waals surface area contributed by atoms with Crippen molar-refractivity contribution in [3.05, 3.63) is 48.7 Å². The molecule has 0 atom stereocenters. The van der Waals surface area contributed by atoms with E-state index in [2.05, 4.69) is 9.88 Å². The zero-order valence-electron chi connectivity index (χ0n) is 13.9. The number of benzene rings is 1. The molecule has 2 heterocycles. The van der Waals surface area contributed by atoms with Crippen LogP contribution < -0.4 is 4.90 Å². The average molecular weight is 345 g/mol. The van der Waals surface area contributed by atoms with E-state index in [0.717, 1.165) is 37.3 Å². The monoisotopic (exact) mass is 345 g/mol. The topological polar surface area (TPSA) is 53.5 Å². The number of aromatic nitrogens is 1. The molecule has 0 bridgehead atoms. The van der Waals surface area contributed by atoms with Crippen molar-refractivity contribution in [2.45, 2.75) is 31.1 Å². The summed E-state index contributed by atoms with van der Waals surface area (Å²) < 4.78 is 26.9. The van der Waals surface area contributed by atoms with Gasteiger partial charge in [-0.3, -0.25) is 0 Å². The molecule has 1 aromatic carbocycles. The summed E-state index contributed by atoms with van der Waals surface area (Å²) in [7, 11) is -3.42. The van der Waals surface area contributed by atoms with E-state index >= 15 is 0 Å². The number of para-hydroxylation sites is 1. The normalized spacial score (nSPS) is 16.0. The van der Waals surface area contributed by atoms with Gasteiger partial charge in [0.25, 0.3) is 0 Å². The van der Waals surface area contributed by atoms with Crippen molar-refractivity contribution in [1.82, 2.24) is 9.29 Å². The molecular weight excluding hydrogens is 322 g/mol. The second-order valence-corrected chi connectivity index (χ2v) is 7.83. The quantitative estimate of drug-likeness (QED) is 0.833. The van der Waals surface area contributed by atoms with Crippen molar-refractivity contribution < 1.29 is 8.42 Å². The third-order valence-corrected chi connectivity index (χ3v) is 6.22. The zero-order valence-corrected chi connectivity index (χ0v) is 14.7. The molecule has 24 heavy (non-hydrogen) atoms. The van der Waals surface area contributed by atoms with Crippen LogP contribution in [-0.4, -0.2) is 37.3 Å². The van der Waals surface area contributed by atoms with Gasteiger partial charge in [0.1, 0.15) is 10.7 Å². The standard InChI is InChI=1S/C18H23N3O2S/c1-2-21(16-9-5-3-6-10-16)18-12-11-17(15-19-18)24(22,23)20-13-7-4-8-14-20/h3,5-6,9-12,15H,2,4,7-8,13-14H2,1H3. The largest absolute Gasteiger partial charge is 0.327 e. The van der Waals surface area contributed by atoms with Gasteiger partial charge in [0.15, 0.2) is 0 Å². The van der Waals surface area contributed by atoms with Gasteiger partial charge >= 0.3 is 0 Å². The summed E-state index contributed by atoms with van der Waals surface area (Å²) >= 11 is 0. The Hall–Kier alpha value is -1.92. The highest BCUT2D eigenvalue weighted by Crippen LogP contribution is 2.25. The van der Waals surface area contributed by atoms with Gasteiger partial charge in [-0.2, -0.15) is 4.31 Å². The predicted molar refractivity (Wildman–Crippen MR) is 96.0 cm³/mol. The van der Waals surface area contributed by atoms with E-state index in [1.165, 1.54) is 6.20 Å².